The van der Waals surface area contributed by atoms with E-state index in [1.807, 2.05) is 18.8 Å². The van der Waals surface area contributed by atoms with Gasteiger partial charge in [-0.2, -0.15) is 0 Å². The van der Waals surface area contributed by atoms with Gasteiger partial charge in [-0.05, 0) is 43.3 Å². The van der Waals surface area contributed by atoms with Gasteiger partial charge in [0.15, 0.2) is 0 Å². The largest absolute Gasteiger partial charge is 0.313 e. The maximum atomic E-state index is 3.52. The summed E-state index contributed by atoms with van der Waals surface area (Å²) < 4.78 is 1.12. The van der Waals surface area contributed by atoms with Gasteiger partial charge in [0, 0.05) is 20.3 Å². The van der Waals surface area contributed by atoms with Crippen LogP contribution in [0.3, 0.4) is 0 Å². The van der Waals surface area contributed by atoms with Crippen LogP contribution in [0.1, 0.15) is 24.9 Å². The summed E-state index contributed by atoms with van der Waals surface area (Å²) in [6, 6.07) is 17.5. The fourth-order valence-electron chi connectivity index (χ4n) is 2.10. The van der Waals surface area contributed by atoms with Gasteiger partial charge in [0.1, 0.15) is 0 Å². The molecule has 0 heterocycles. The summed E-state index contributed by atoms with van der Waals surface area (Å²) in [5.74, 6) is 0. The van der Waals surface area contributed by atoms with Gasteiger partial charge in [0.2, 0.25) is 0 Å². The second kappa shape index (κ2) is 7.13. The molecular weight excluding hydrogens is 318 g/mol. The molecule has 2 aromatic carbocycles. The molecule has 100 valence electrons. The molecule has 0 fully saturated rings. The van der Waals surface area contributed by atoms with Gasteiger partial charge >= 0.3 is 0 Å². The van der Waals surface area contributed by atoms with Gasteiger partial charge < -0.3 is 5.32 Å². The lowest BCUT2D eigenvalue weighted by Crippen LogP contribution is -2.15. The second-order valence-electron chi connectivity index (χ2n) is 4.35. The number of rotatable bonds is 5. The summed E-state index contributed by atoms with van der Waals surface area (Å²) in [4.78, 5) is 2.58. The molecule has 1 atom stereocenters. The Kier molecular flexibility index (Phi) is 5.49. The van der Waals surface area contributed by atoms with E-state index in [1.54, 1.807) is 0 Å². The average Bonchev–Trinajstić information content (AvgIpc) is 2.42. The first-order chi connectivity index (χ1) is 9.24. The van der Waals surface area contributed by atoms with Crippen molar-refractivity contribution >= 4 is 27.7 Å². The van der Waals surface area contributed by atoms with E-state index in [9.17, 15) is 0 Å². The Morgan fingerprint density at radius 3 is 2.63 bits per heavy atom. The first kappa shape index (κ1) is 14.6. The Bertz CT molecular complexity index is 538. The van der Waals surface area contributed by atoms with Crippen LogP contribution in [-0.2, 0) is 0 Å². The highest BCUT2D eigenvalue weighted by Gasteiger charge is 2.12. The summed E-state index contributed by atoms with van der Waals surface area (Å²) in [5.41, 5.74) is 1.37. The van der Waals surface area contributed by atoms with Crippen LogP contribution in [0.5, 0.6) is 0 Å². The van der Waals surface area contributed by atoms with Crippen molar-refractivity contribution in [3.05, 3.63) is 58.6 Å². The van der Waals surface area contributed by atoms with E-state index in [2.05, 4.69) is 76.7 Å². The molecule has 1 nitrogen and oxygen atoms in total. The monoisotopic (exact) mass is 335 g/mol. The maximum Gasteiger partial charge on any atom is 0.0326 e. The molecule has 0 saturated carbocycles. The number of benzene rings is 2. The van der Waals surface area contributed by atoms with E-state index >= 15 is 0 Å². The topological polar surface area (TPSA) is 12.0 Å². The van der Waals surface area contributed by atoms with Gasteiger partial charge in [-0.1, -0.05) is 58.9 Å². The molecule has 0 aliphatic carbocycles. The normalized spacial score (nSPS) is 12.4. The highest BCUT2D eigenvalue weighted by molar-refractivity contribution is 9.10. The minimum atomic E-state index is 0.413. The minimum absolute atomic E-state index is 0.413. The van der Waals surface area contributed by atoms with Crippen molar-refractivity contribution in [2.75, 3.05) is 7.05 Å². The smallest absolute Gasteiger partial charge is 0.0326 e. The van der Waals surface area contributed by atoms with Crippen molar-refractivity contribution in [2.45, 2.75) is 29.2 Å². The van der Waals surface area contributed by atoms with Crippen molar-refractivity contribution < 1.29 is 0 Å². The Morgan fingerprint density at radius 2 is 1.95 bits per heavy atom. The highest BCUT2D eigenvalue weighted by atomic mass is 79.9. The number of hydrogen-bond acceptors (Lipinski definition) is 2. The van der Waals surface area contributed by atoms with Crippen LogP contribution in [0.25, 0.3) is 0 Å². The van der Waals surface area contributed by atoms with Gasteiger partial charge in [-0.3, -0.25) is 0 Å². The molecule has 1 N–H and O–H groups in total. The van der Waals surface area contributed by atoms with Gasteiger partial charge in [-0.15, -0.1) is 0 Å². The third kappa shape index (κ3) is 3.85. The fraction of sp³-hybridized carbons (Fsp3) is 0.250. The zero-order valence-electron chi connectivity index (χ0n) is 11.2. The summed E-state index contributed by atoms with van der Waals surface area (Å²) in [6.45, 7) is 2.21. The average molecular weight is 336 g/mol. The Hall–Kier alpha value is -0.770. The quantitative estimate of drug-likeness (QED) is 0.798. The molecule has 3 heteroatoms. The first-order valence-corrected chi connectivity index (χ1v) is 8.05. The fourth-order valence-corrected chi connectivity index (χ4v) is 3.71. The molecular formula is C16H18BrNS. The van der Waals surface area contributed by atoms with Crippen LogP contribution in [0.15, 0.2) is 62.8 Å². The first-order valence-electron chi connectivity index (χ1n) is 6.44. The van der Waals surface area contributed by atoms with Gasteiger partial charge in [-0.25, -0.2) is 0 Å². The molecule has 19 heavy (non-hydrogen) atoms. The lowest BCUT2D eigenvalue weighted by molar-refractivity contribution is 0.568. The van der Waals surface area contributed by atoms with Gasteiger partial charge in [0.05, 0.1) is 0 Å². The summed E-state index contributed by atoms with van der Waals surface area (Å²) in [6.07, 6.45) is 1.09. The zero-order chi connectivity index (χ0) is 13.7. The van der Waals surface area contributed by atoms with E-state index in [0.29, 0.717) is 6.04 Å². The molecule has 0 amide bonds. The molecule has 2 rings (SSSR count). The van der Waals surface area contributed by atoms with E-state index in [0.717, 1.165) is 10.9 Å². The predicted octanol–water partition coefficient (Wildman–Crippen LogP) is 5.27. The number of hydrogen-bond donors (Lipinski definition) is 1. The highest BCUT2D eigenvalue weighted by Crippen LogP contribution is 2.34. The Labute approximate surface area is 127 Å². The number of halogens is 1. The van der Waals surface area contributed by atoms with Crippen LogP contribution in [0.2, 0.25) is 0 Å². The third-order valence-electron chi connectivity index (χ3n) is 3.08. The van der Waals surface area contributed by atoms with E-state index < -0.39 is 0 Å². The second-order valence-corrected chi connectivity index (χ2v) is 6.38. The van der Waals surface area contributed by atoms with Crippen LogP contribution in [0.4, 0.5) is 0 Å². The molecule has 0 aromatic heterocycles. The van der Waals surface area contributed by atoms with E-state index in [-0.39, 0.29) is 0 Å². The molecule has 2 aromatic rings. The summed E-state index contributed by atoms with van der Waals surface area (Å²) >= 11 is 5.34. The van der Waals surface area contributed by atoms with E-state index in [1.165, 1.54) is 15.4 Å². The third-order valence-corrected chi connectivity index (χ3v) is 4.65. The van der Waals surface area contributed by atoms with Crippen LogP contribution in [-0.4, -0.2) is 7.05 Å². The van der Waals surface area contributed by atoms with Crippen LogP contribution >= 0.6 is 27.7 Å². The molecule has 0 aliphatic rings. The molecule has 0 bridgehead atoms. The molecule has 0 radical (unpaired) electrons. The Morgan fingerprint density at radius 1 is 1.16 bits per heavy atom. The lowest BCUT2D eigenvalue weighted by Gasteiger charge is -2.18. The molecule has 0 saturated heterocycles. The predicted molar refractivity (Wildman–Crippen MR) is 86.8 cm³/mol. The molecule has 0 aliphatic heterocycles. The van der Waals surface area contributed by atoms with Crippen LogP contribution < -0.4 is 5.32 Å². The minimum Gasteiger partial charge on any atom is -0.313 e. The Balaban J connectivity index is 2.30. The number of nitrogens with one attached hydrogen (secondary N) is 1. The van der Waals surface area contributed by atoms with Gasteiger partial charge in [0.25, 0.3) is 0 Å². The van der Waals surface area contributed by atoms with Crippen molar-refractivity contribution in [1.82, 2.24) is 5.32 Å². The summed E-state index contributed by atoms with van der Waals surface area (Å²) in [5, 5.41) is 3.38. The van der Waals surface area contributed by atoms with Crippen molar-refractivity contribution in [3.63, 3.8) is 0 Å². The summed E-state index contributed by atoms with van der Waals surface area (Å²) in [7, 11) is 2.02. The lowest BCUT2D eigenvalue weighted by atomic mass is 10.1. The van der Waals surface area contributed by atoms with Crippen molar-refractivity contribution in [1.29, 1.82) is 0 Å². The molecule has 0 spiro atoms. The van der Waals surface area contributed by atoms with Crippen molar-refractivity contribution in [3.8, 4) is 0 Å². The maximum absolute atomic E-state index is 3.52. The SMILES string of the molecule is CCC(NC)c1ccccc1Sc1cccc(Br)c1. The molecule has 1 unspecified atom stereocenters. The standard InChI is InChI=1S/C16H18BrNS/c1-3-15(18-2)14-9-4-5-10-16(14)19-13-8-6-7-12(17)11-13/h4-11,15,18H,3H2,1-2H3. The zero-order valence-corrected chi connectivity index (χ0v) is 13.6. The van der Waals surface area contributed by atoms with Crippen molar-refractivity contribution in [2.24, 2.45) is 0 Å². The van der Waals surface area contributed by atoms with Crippen LogP contribution in [0, 0.1) is 0 Å². The van der Waals surface area contributed by atoms with E-state index in [4.69, 9.17) is 0 Å².